The van der Waals surface area contributed by atoms with Crippen molar-refractivity contribution in [2.24, 2.45) is 16.3 Å². The van der Waals surface area contributed by atoms with Crippen LogP contribution in [-0.2, 0) is 12.8 Å². The lowest BCUT2D eigenvalue weighted by molar-refractivity contribution is 0.218. The number of halogens is 1. The van der Waals surface area contributed by atoms with Gasteiger partial charge in [-0.1, -0.05) is 20.8 Å². The third-order valence-corrected chi connectivity index (χ3v) is 7.95. The molecule has 29 heavy (non-hydrogen) atoms. The van der Waals surface area contributed by atoms with Gasteiger partial charge in [0.2, 0.25) is 5.88 Å². The molecule has 1 atom stereocenters. The van der Waals surface area contributed by atoms with Crippen molar-refractivity contribution in [1.82, 2.24) is 0 Å². The van der Waals surface area contributed by atoms with E-state index in [1.807, 2.05) is 6.07 Å². The second kappa shape index (κ2) is 8.28. The predicted octanol–water partition coefficient (Wildman–Crippen LogP) is 6.87. The number of aliphatic imine (C=N–C) groups is 1. The molecule has 2 aromatic heterocycles. The zero-order chi connectivity index (χ0) is 20.6. The van der Waals surface area contributed by atoms with Gasteiger partial charge >= 0.3 is 0 Å². The van der Waals surface area contributed by atoms with Gasteiger partial charge in [-0.3, -0.25) is 0 Å². The molecular weight excluding hydrogens is 446 g/mol. The third-order valence-electron chi connectivity index (χ3n) is 6.22. The van der Waals surface area contributed by atoms with Crippen molar-refractivity contribution in [3.63, 3.8) is 0 Å². The number of fused-ring (bicyclic) bond motifs is 1. The minimum absolute atomic E-state index is 0.295. The van der Waals surface area contributed by atoms with Gasteiger partial charge < -0.3 is 9.32 Å². The Morgan fingerprint density at radius 1 is 1.31 bits per heavy atom. The van der Waals surface area contributed by atoms with Crippen LogP contribution in [0, 0.1) is 22.7 Å². The smallest absolute Gasteiger partial charge is 0.210 e. The monoisotopic (exact) mass is 473 g/mol. The van der Waals surface area contributed by atoms with Crippen LogP contribution in [0.4, 0.5) is 10.9 Å². The van der Waals surface area contributed by atoms with Crippen molar-refractivity contribution >= 4 is 44.4 Å². The van der Waals surface area contributed by atoms with Crippen LogP contribution in [0.3, 0.4) is 0 Å². The molecule has 0 aromatic carbocycles. The Bertz CT molecular complexity index is 954. The lowest BCUT2D eigenvalue weighted by Crippen LogP contribution is -2.29. The van der Waals surface area contributed by atoms with E-state index in [9.17, 15) is 5.26 Å². The van der Waals surface area contributed by atoms with Gasteiger partial charge in [-0.25, -0.2) is 4.99 Å². The summed E-state index contributed by atoms with van der Waals surface area (Å²) in [5, 5.41) is 10.6. The summed E-state index contributed by atoms with van der Waals surface area (Å²) in [6.45, 7) is 9.02. The van der Waals surface area contributed by atoms with E-state index in [2.05, 4.69) is 52.7 Å². The van der Waals surface area contributed by atoms with E-state index in [4.69, 9.17) is 4.42 Å². The number of furan rings is 1. The molecule has 0 N–H and O–H groups in total. The Balaban J connectivity index is 1.57. The van der Waals surface area contributed by atoms with Crippen LogP contribution in [0.15, 0.2) is 19.9 Å². The van der Waals surface area contributed by atoms with Crippen LogP contribution in [0.25, 0.3) is 0 Å². The van der Waals surface area contributed by atoms with Crippen molar-refractivity contribution in [3.05, 3.63) is 32.3 Å². The average Bonchev–Trinajstić information content (AvgIpc) is 3.25. The third kappa shape index (κ3) is 4.32. The lowest BCUT2D eigenvalue weighted by Gasteiger charge is -2.33. The van der Waals surface area contributed by atoms with Crippen molar-refractivity contribution in [2.75, 3.05) is 18.0 Å². The molecule has 0 amide bonds. The summed E-state index contributed by atoms with van der Waals surface area (Å²) in [6.07, 6.45) is 8.65. The molecule has 0 saturated carbocycles. The zero-order valence-corrected chi connectivity index (χ0v) is 19.8. The first-order valence-corrected chi connectivity index (χ1v) is 12.1. The molecule has 1 aliphatic carbocycles. The average molecular weight is 474 g/mol. The molecule has 4 nitrogen and oxygen atoms in total. The van der Waals surface area contributed by atoms with Crippen molar-refractivity contribution in [2.45, 2.75) is 59.3 Å². The molecule has 1 aliphatic heterocycles. The van der Waals surface area contributed by atoms with Crippen molar-refractivity contribution in [1.29, 1.82) is 5.26 Å². The van der Waals surface area contributed by atoms with Crippen LogP contribution >= 0.6 is 27.3 Å². The highest BCUT2D eigenvalue weighted by molar-refractivity contribution is 9.10. The Labute approximate surface area is 185 Å². The summed E-state index contributed by atoms with van der Waals surface area (Å²) in [6, 6.07) is 4.39. The molecule has 0 unspecified atom stereocenters. The molecule has 0 radical (unpaired) electrons. The Morgan fingerprint density at radius 3 is 2.76 bits per heavy atom. The van der Waals surface area contributed by atoms with Crippen molar-refractivity contribution in [3.8, 4) is 6.07 Å². The van der Waals surface area contributed by atoms with Gasteiger partial charge in [-0.2, -0.15) is 5.26 Å². The van der Waals surface area contributed by atoms with Crippen LogP contribution in [0.5, 0.6) is 0 Å². The minimum atomic E-state index is 0.295. The van der Waals surface area contributed by atoms with Gasteiger partial charge in [-0.15, -0.1) is 11.3 Å². The first-order chi connectivity index (χ1) is 13.9. The Morgan fingerprint density at radius 2 is 2.07 bits per heavy atom. The molecule has 0 bridgehead atoms. The number of nitriles is 1. The molecule has 1 fully saturated rings. The van der Waals surface area contributed by atoms with Crippen LogP contribution in [-0.4, -0.2) is 19.3 Å². The first-order valence-electron chi connectivity index (χ1n) is 10.5. The molecule has 154 valence electrons. The van der Waals surface area contributed by atoms with E-state index in [0.717, 1.165) is 59.0 Å². The second-order valence-corrected chi connectivity index (χ2v) is 11.1. The van der Waals surface area contributed by atoms with Gasteiger partial charge in [0.25, 0.3) is 0 Å². The molecule has 6 heteroatoms. The summed E-state index contributed by atoms with van der Waals surface area (Å²) in [5.74, 6) is 2.27. The van der Waals surface area contributed by atoms with E-state index in [1.54, 1.807) is 17.6 Å². The fourth-order valence-corrected chi connectivity index (χ4v) is 6.17. The van der Waals surface area contributed by atoms with E-state index in [1.165, 1.54) is 29.7 Å². The summed E-state index contributed by atoms with van der Waals surface area (Å²) in [4.78, 5) is 8.31. The molecular formula is C23H28BrN3OS. The number of hydrogen-bond donors (Lipinski definition) is 0. The molecule has 2 aromatic rings. The fraction of sp³-hybridized carbons (Fsp3) is 0.565. The summed E-state index contributed by atoms with van der Waals surface area (Å²) in [7, 11) is 0. The quantitative estimate of drug-likeness (QED) is 0.457. The zero-order valence-electron chi connectivity index (χ0n) is 17.4. The minimum Gasteiger partial charge on any atom is -0.438 e. The van der Waals surface area contributed by atoms with Gasteiger partial charge in [0.15, 0.2) is 0 Å². The summed E-state index contributed by atoms with van der Waals surface area (Å²) >= 11 is 5.31. The van der Waals surface area contributed by atoms with Gasteiger partial charge in [0.05, 0.1) is 16.3 Å². The highest BCUT2D eigenvalue weighted by atomic mass is 79.9. The second-order valence-electron chi connectivity index (χ2n) is 9.21. The number of hydrogen-bond acceptors (Lipinski definition) is 5. The Hall–Kier alpha value is -1.58. The van der Waals surface area contributed by atoms with E-state index < -0.39 is 0 Å². The van der Waals surface area contributed by atoms with E-state index >= 15 is 0 Å². The summed E-state index contributed by atoms with van der Waals surface area (Å²) in [5.41, 5.74) is 2.28. The molecule has 1 saturated heterocycles. The topological polar surface area (TPSA) is 52.5 Å². The molecule has 3 heterocycles. The predicted molar refractivity (Wildman–Crippen MR) is 124 cm³/mol. The number of piperidine rings is 1. The van der Waals surface area contributed by atoms with Gasteiger partial charge in [-0.05, 0) is 71.4 Å². The number of anilines is 1. The maximum atomic E-state index is 9.75. The first kappa shape index (κ1) is 20.7. The SMILES string of the molecule is CC(C)(C)[C@@H]1CCc2c(sc(N=Cc3cc(Br)c(N4CCCCC4)o3)c2C#N)C1. The highest BCUT2D eigenvalue weighted by Crippen LogP contribution is 2.45. The molecule has 4 rings (SSSR count). The van der Waals surface area contributed by atoms with Crippen LogP contribution < -0.4 is 4.90 Å². The van der Waals surface area contributed by atoms with Crippen LogP contribution in [0.1, 0.15) is 68.2 Å². The standard InChI is InChI=1S/C23H28BrN3OS/c1-23(2,3)15-7-8-17-18(13-25)21(29-20(17)11-15)26-14-16-12-19(24)22(28-16)27-9-5-4-6-10-27/h12,14-15H,4-11H2,1-3H3/t15-/m1/s1. The molecule has 0 spiro atoms. The van der Waals surface area contributed by atoms with E-state index in [0.29, 0.717) is 11.3 Å². The normalized spacial score (nSPS) is 20.1. The number of thiophene rings is 1. The van der Waals surface area contributed by atoms with E-state index in [-0.39, 0.29) is 0 Å². The Kier molecular flexibility index (Phi) is 5.90. The largest absolute Gasteiger partial charge is 0.438 e. The van der Waals surface area contributed by atoms with Gasteiger partial charge in [0.1, 0.15) is 16.8 Å². The van der Waals surface area contributed by atoms with Crippen molar-refractivity contribution < 1.29 is 4.42 Å². The van der Waals surface area contributed by atoms with Gasteiger partial charge in [0, 0.05) is 24.0 Å². The maximum absolute atomic E-state index is 9.75. The summed E-state index contributed by atoms with van der Waals surface area (Å²) < 4.78 is 7.04. The highest BCUT2D eigenvalue weighted by Gasteiger charge is 2.32. The van der Waals surface area contributed by atoms with Crippen LogP contribution in [0.2, 0.25) is 0 Å². The fourth-order valence-electron chi connectivity index (χ4n) is 4.39. The maximum Gasteiger partial charge on any atom is 0.210 e. The molecule has 2 aliphatic rings. The lowest BCUT2D eigenvalue weighted by atomic mass is 9.72. The number of rotatable bonds is 3. The number of nitrogens with zero attached hydrogens (tertiary/aromatic N) is 3.